The van der Waals surface area contributed by atoms with E-state index in [0.717, 1.165) is 44.8 Å². The van der Waals surface area contributed by atoms with Crippen molar-refractivity contribution in [2.45, 2.75) is 5.41 Å². The van der Waals surface area contributed by atoms with Crippen LogP contribution in [0.3, 0.4) is 0 Å². The summed E-state index contributed by atoms with van der Waals surface area (Å²) in [6.45, 7) is 0. The van der Waals surface area contributed by atoms with Crippen molar-refractivity contribution in [1.82, 2.24) is 9.97 Å². The van der Waals surface area contributed by atoms with E-state index in [1.165, 1.54) is 59.1 Å². The first kappa shape index (κ1) is 36.2. The molecule has 12 rings (SSSR count). The molecule has 0 unspecified atom stereocenters. The number of nitrogens with zero attached hydrogens (tertiary/aromatic N) is 2. The topological polar surface area (TPSA) is 25.8 Å². The van der Waals surface area contributed by atoms with Crippen molar-refractivity contribution in [3.05, 3.63) is 253 Å². The van der Waals surface area contributed by atoms with Crippen LogP contribution in [0.5, 0.6) is 0 Å². The van der Waals surface area contributed by atoms with Gasteiger partial charge in [-0.15, -0.1) is 11.3 Å². The number of fused-ring (bicyclic) bond motifs is 6. The van der Waals surface area contributed by atoms with Gasteiger partial charge in [0.25, 0.3) is 0 Å². The molecule has 0 fully saturated rings. The van der Waals surface area contributed by atoms with Crippen LogP contribution in [0, 0.1) is 0 Å². The van der Waals surface area contributed by atoms with E-state index in [9.17, 15) is 0 Å². The van der Waals surface area contributed by atoms with Gasteiger partial charge in [-0.05, 0) is 92.0 Å². The van der Waals surface area contributed by atoms with E-state index >= 15 is 0 Å². The molecule has 3 heteroatoms. The Morgan fingerprint density at radius 2 is 0.871 bits per heavy atom. The van der Waals surface area contributed by atoms with Crippen molar-refractivity contribution in [3.63, 3.8) is 0 Å². The van der Waals surface area contributed by atoms with Gasteiger partial charge in [-0.1, -0.05) is 194 Å². The van der Waals surface area contributed by atoms with Crippen molar-refractivity contribution in [2.24, 2.45) is 0 Å². The second-order valence-corrected chi connectivity index (χ2v) is 17.1. The number of thiophene rings is 1. The van der Waals surface area contributed by atoms with Crippen LogP contribution in [0.1, 0.15) is 22.3 Å². The lowest BCUT2D eigenvalue weighted by molar-refractivity contribution is 0.768. The lowest BCUT2D eigenvalue weighted by Gasteiger charge is -2.33. The van der Waals surface area contributed by atoms with E-state index < -0.39 is 5.41 Å². The molecule has 0 saturated carbocycles. The molecular weight excluding hydrogens is 769 g/mol. The fourth-order valence-electron chi connectivity index (χ4n) is 9.79. The van der Waals surface area contributed by atoms with Crippen LogP contribution in [-0.2, 0) is 5.41 Å². The molecule has 0 amide bonds. The number of benzene rings is 9. The van der Waals surface area contributed by atoms with E-state index in [2.05, 4.69) is 224 Å². The first-order valence-electron chi connectivity index (χ1n) is 21.1. The Balaban J connectivity index is 1.01. The minimum Gasteiger partial charge on any atom is -0.228 e. The molecule has 0 radical (unpaired) electrons. The molecule has 1 aliphatic rings. The summed E-state index contributed by atoms with van der Waals surface area (Å²) in [5, 5.41) is 2.60. The molecule has 62 heavy (non-hydrogen) atoms. The molecule has 290 valence electrons. The van der Waals surface area contributed by atoms with Crippen molar-refractivity contribution < 1.29 is 0 Å². The lowest BCUT2D eigenvalue weighted by Crippen LogP contribution is -2.28. The van der Waals surface area contributed by atoms with Gasteiger partial charge in [0.15, 0.2) is 5.82 Å². The second kappa shape index (κ2) is 14.8. The number of rotatable bonds is 7. The van der Waals surface area contributed by atoms with Crippen LogP contribution in [0.15, 0.2) is 231 Å². The fourth-order valence-corrected chi connectivity index (χ4v) is 10.9. The highest BCUT2D eigenvalue weighted by Crippen LogP contribution is 2.57. The highest BCUT2D eigenvalue weighted by atomic mass is 32.1. The zero-order valence-electron chi connectivity index (χ0n) is 33.7. The van der Waals surface area contributed by atoms with Crippen LogP contribution in [0.2, 0.25) is 0 Å². The summed E-state index contributed by atoms with van der Waals surface area (Å²) in [7, 11) is 0. The van der Waals surface area contributed by atoms with E-state index in [0.29, 0.717) is 5.82 Å². The average Bonchev–Trinajstić information content (AvgIpc) is 3.88. The van der Waals surface area contributed by atoms with Gasteiger partial charge >= 0.3 is 0 Å². The molecule has 0 atom stereocenters. The molecule has 11 aromatic rings. The summed E-state index contributed by atoms with van der Waals surface area (Å²) in [5.41, 5.74) is 16.6. The van der Waals surface area contributed by atoms with Gasteiger partial charge in [-0.3, -0.25) is 0 Å². The minimum absolute atomic E-state index is 0.448. The fraction of sp³-hybridized carbons (Fsp3) is 0.0169. The summed E-state index contributed by atoms with van der Waals surface area (Å²) < 4.78 is 2.62. The lowest BCUT2D eigenvalue weighted by atomic mass is 9.67. The first-order chi connectivity index (χ1) is 30.7. The zero-order chi connectivity index (χ0) is 41.0. The maximum Gasteiger partial charge on any atom is 0.160 e. The van der Waals surface area contributed by atoms with Crippen molar-refractivity contribution in [1.29, 1.82) is 0 Å². The Kier molecular flexibility index (Phi) is 8.62. The van der Waals surface area contributed by atoms with Crippen molar-refractivity contribution in [2.75, 3.05) is 0 Å². The third-order valence-electron chi connectivity index (χ3n) is 12.6. The normalized spacial score (nSPS) is 12.6. The Bertz CT molecular complexity index is 3420. The molecular formula is C59H38N2S. The molecule has 2 heterocycles. The molecule has 0 bridgehead atoms. The summed E-state index contributed by atoms with van der Waals surface area (Å²) in [6.07, 6.45) is 0. The molecule has 1 aliphatic carbocycles. The largest absolute Gasteiger partial charge is 0.228 e. The molecule has 2 nitrogen and oxygen atoms in total. The average molecular weight is 807 g/mol. The van der Waals surface area contributed by atoms with Gasteiger partial charge in [0, 0.05) is 36.9 Å². The summed E-state index contributed by atoms with van der Waals surface area (Å²) >= 11 is 1.85. The highest BCUT2D eigenvalue weighted by Gasteiger charge is 2.46. The van der Waals surface area contributed by atoms with Gasteiger partial charge in [-0.25, -0.2) is 9.97 Å². The minimum atomic E-state index is -0.448. The van der Waals surface area contributed by atoms with Gasteiger partial charge in [-0.2, -0.15) is 0 Å². The number of aromatic nitrogens is 2. The van der Waals surface area contributed by atoms with Gasteiger partial charge in [0.05, 0.1) is 16.8 Å². The number of hydrogen-bond donors (Lipinski definition) is 0. The summed E-state index contributed by atoms with van der Waals surface area (Å²) in [6, 6.07) is 83.5. The highest BCUT2D eigenvalue weighted by molar-refractivity contribution is 7.25. The monoisotopic (exact) mass is 806 g/mol. The van der Waals surface area contributed by atoms with Crippen LogP contribution >= 0.6 is 11.3 Å². The third-order valence-corrected chi connectivity index (χ3v) is 13.8. The molecule has 0 aliphatic heterocycles. The van der Waals surface area contributed by atoms with Gasteiger partial charge in [0.2, 0.25) is 0 Å². The van der Waals surface area contributed by atoms with E-state index in [1.54, 1.807) is 0 Å². The van der Waals surface area contributed by atoms with Crippen LogP contribution in [0.25, 0.3) is 87.5 Å². The maximum atomic E-state index is 5.32. The van der Waals surface area contributed by atoms with E-state index in [4.69, 9.17) is 9.97 Å². The molecule has 0 N–H and O–H groups in total. The van der Waals surface area contributed by atoms with E-state index in [1.807, 2.05) is 17.4 Å². The Morgan fingerprint density at radius 1 is 0.306 bits per heavy atom. The predicted octanol–water partition coefficient (Wildman–Crippen LogP) is 15.5. The van der Waals surface area contributed by atoms with Crippen LogP contribution < -0.4 is 0 Å². The zero-order valence-corrected chi connectivity index (χ0v) is 34.6. The van der Waals surface area contributed by atoms with Gasteiger partial charge in [0.1, 0.15) is 0 Å². The van der Waals surface area contributed by atoms with Crippen LogP contribution in [0.4, 0.5) is 0 Å². The molecule has 0 spiro atoms. The Labute approximate surface area is 365 Å². The molecule has 0 saturated heterocycles. The smallest absolute Gasteiger partial charge is 0.160 e. The SMILES string of the molecule is c1ccc(-c2nc(-c3cccc(-c4ccc5sc6ccccc6c5c4)c3)cc(-c3ccccc3-c3ccc4c(c3)-c3ccccc3C4(c3ccccc3)c3ccccc3)n2)cc1. The van der Waals surface area contributed by atoms with Crippen LogP contribution in [-0.4, -0.2) is 9.97 Å². The first-order valence-corrected chi connectivity index (χ1v) is 22.0. The quantitative estimate of drug-likeness (QED) is 0.160. The second-order valence-electron chi connectivity index (χ2n) is 16.1. The summed E-state index contributed by atoms with van der Waals surface area (Å²) in [4.78, 5) is 10.6. The standard InChI is InChI=1S/C59H38N2S/c1-4-17-39(18-5-1)58-60-54(43-20-16-19-40(35-43)41-32-34-57-51(36-41)49-28-13-15-30-56(49)62-57)38-55(61-58)48-27-11-10-25-46(48)42-31-33-53-50(37-42)47-26-12-14-29-52(47)59(53,44-21-6-2-7-22-44)45-23-8-3-9-24-45/h1-38H. The Morgan fingerprint density at radius 3 is 1.66 bits per heavy atom. The third kappa shape index (κ3) is 5.85. The van der Waals surface area contributed by atoms with Crippen molar-refractivity contribution >= 4 is 31.5 Å². The van der Waals surface area contributed by atoms with E-state index in [-0.39, 0.29) is 0 Å². The molecule has 9 aromatic carbocycles. The maximum absolute atomic E-state index is 5.32. The van der Waals surface area contributed by atoms with Crippen molar-refractivity contribution in [3.8, 4) is 67.3 Å². The predicted molar refractivity (Wildman–Crippen MR) is 259 cm³/mol. The number of hydrogen-bond acceptors (Lipinski definition) is 3. The molecule has 2 aromatic heterocycles. The van der Waals surface area contributed by atoms with Gasteiger partial charge < -0.3 is 0 Å². The Hall–Kier alpha value is -7.72. The summed E-state index contributed by atoms with van der Waals surface area (Å²) in [5.74, 6) is 0.697.